The van der Waals surface area contributed by atoms with Crippen LogP contribution in [0.25, 0.3) is 0 Å². The van der Waals surface area contributed by atoms with Gasteiger partial charge in [0.2, 0.25) is 0 Å². The summed E-state index contributed by atoms with van der Waals surface area (Å²) in [6.07, 6.45) is 4.36. The smallest absolute Gasteiger partial charge is 0.161 e. The Balaban J connectivity index is 1.53. The van der Waals surface area contributed by atoms with Crippen LogP contribution >= 0.6 is 0 Å². The second-order valence-electron chi connectivity index (χ2n) is 5.68. The first-order valence-corrected chi connectivity index (χ1v) is 7.51. The molecule has 2 N–H and O–H groups in total. The molecular weight excluding hydrogens is 266 g/mol. The molecule has 1 aliphatic heterocycles. The average Bonchev–Trinajstić information content (AvgIpc) is 3.23. The highest BCUT2D eigenvalue weighted by Gasteiger charge is 2.32. The van der Waals surface area contributed by atoms with E-state index in [9.17, 15) is 0 Å². The molecule has 0 radical (unpaired) electrons. The van der Waals surface area contributed by atoms with Crippen LogP contribution in [-0.2, 0) is 6.54 Å². The van der Waals surface area contributed by atoms with Crippen molar-refractivity contribution in [2.45, 2.75) is 25.4 Å². The third-order valence-corrected chi connectivity index (χ3v) is 4.09. The van der Waals surface area contributed by atoms with Crippen LogP contribution in [0.2, 0.25) is 0 Å². The number of nitrogens with zero attached hydrogens (tertiary/aromatic N) is 1. The van der Waals surface area contributed by atoms with Crippen molar-refractivity contribution in [3.8, 4) is 11.5 Å². The first-order valence-electron chi connectivity index (χ1n) is 7.51. The number of nitrogens with one attached hydrogen (secondary N) is 2. The number of fused-ring (bicyclic) bond motifs is 1. The molecule has 1 saturated carbocycles. The lowest BCUT2D eigenvalue weighted by molar-refractivity contribution is 0.171. The fraction of sp³-hybridized carbons (Fsp3) is 0.438. The normalized spacial score (nSPS) is 18.5. The molecule has 1 fully saturated rings. The lowest BCUT2D eigenvalue weighted by Crippen LogP contribution is -2.23. The van der Waals surface area contributed by atoms with E-state index >= 15 is 0 Å². The van der Waals surface area contributed by atoms with E-state index < -0.39 is 0 Å². The first kappa shape index (κ1) is 12.7. The van der Waals surface area contributed by atoms with Crippen LogP contribution in [-0.4, -0.2) is 23.4 Å². The van der Waals surface area contributed by atoms with Gasteiger partial charge in [0.05, 0.1) is 0 Å². The van der Waals surface area contributed by atoms with E-state index in [2.05, 4.69) is 27.6 Å². The number of ether oxygens (including phenoxy) is 2. The summed E-state index contributed by atoms with van der Waals surface area (Å²) in [7, 11) is 0. The molecule has 0 unspecified atom stereocenters. The molecule has 0 saturated heterocycles. The number of rotatable bonds is 5. The summed E-state index contributed by atoms with van der Waals surface area (Å²) in [6.45, 7) is 2.07. The molecule has 1 aromatic heterocycles. The van der Waals surface area contributed by atoms with Gasteiger partial charge in [-0.3, -0.25) is 5.10 Å². The second-order valence-corrected chi connectivity index (χ2v) is 5.68. The lowest BCUT2D eigenvalue weighted by atomic mass is 10.0. The number of aromatic amines is 1. The molecule has 1 atom stereocenters. The molecule has 2 heterocycles. The van der Waals surface area contributed by atoms with Crippen LogP contribution in [0.4, 0.5) is 0 Å². The lowest BCUT2D eigenvalue weighted by Gasteiger charge is -2.23. The number of hydrogen-bond donors (Lipinski definition) is 2. The third-order valence-electron chi connectivity index (χ3n) is 4.09. The van der Waals surface area contributed by atoms with Crippen LogP contribution in [0, 0.1) is 5.92 Å². The Morgan fingerprint density at radius 3 is 2.81 bits per heavy atom. The summed E-state index contributed by atoms with van der Waals surface area (Å²) < 4.78 is 11.3. The molecule has 5 heteroatoms. The summed E-state index contributed by atoms with van der Waals surface area (Å²) in [5.74, 6) is 2.44. The van der Waals surface area contributed by atoms with Gasteiger partial charge in [0.1, 0.15) is 13.2 Å². The predicted molar refractivity (Wildman–Crippen MR) is 78.3 cm³/mol. The fourth-order valence-electron chi connectivity index (χ4n) is 2.84. The van der Waals surface area contributed by atoms with Gasteiger partial charge in [0.15, 0.2) is 11.5 Å². The highest BCUT2D eigenvalue weighted by molar-refractivity contribution is 5.45. The Morgan fingerprint density at radius 2 is 2.05 bits per heavy atom. The SMILES string of the molecule is c1cc(CN[C@H](c2ccc3c(c2)OCCO3)C2CC2)[nH]n1. The van der Waals surface area contributed by atoms with E-state index in [0.29, 0.717) is 19.3 Å². The second kappa shape index (κ2) is 5.41. The van der Waals surface area contributed by atoms with Gasteiger partial charge < -0.3 is 14.8 Å². The molecule has 1 aliphatic carbocycles. The van der Waals surface area contributed by atoms with Crippen molar-refractivity contribution < 1.29 is 9.47 Å². The molecular formula is C16H19N3O2. The maximum Gasteiger partial charge on any atom is 0.161 e. The maximum absolute atomic E-state index is 5.70. The standard InChI is InChI=1S/C16H19N3O2/c1-2-11(1)16(17-10-13-5-6-18-19-13)12-3-4-14-15(9-12)21-8-7-20-14/h3-6,9,11,16-17H,1-2,7-8,10H2,(H,18,19)/t16-/m0/s1. The maximum atomic E-state index is 5.70. The minimum atomic E-state index is 0.365. The zero-order valence-electron chi connectivity index (χ0n) is 11.8. The molecule has 21 heavy (non-hydrogen) atoms. The Morgan fingerprint density at radius 1 is 1.19 bits per heavy atom. The predicted octanol–water partition coefficient (Wildman–Crippen LogP) is 2.42. The molecule has 110 valence electrons. The molecule has 2 aromatic rings. The quantitative estimate of drug-likeness (QED) is 0.886. The van der Waals surface area contributed by atoms with Gasteiger partial charge in [-0.1, -0.05) is 6.07 Å². The molecule has 0 spiro atoms. The van der Waals surface area contributed by atoms with E-state index in [0.717, 1.165) is 29.7 Å². The Labute approximate surface area is 123 Å². The molecule has 0 bridgehead atoms. The van der Waals surface area contributed by atoms with Crippen molar-refractivity contribution in [2.75, 3.05) is 13.2 Å². The van der Waals surface area contributed by atoms with Crippen molar-refractivity contribution in [2.24, 2.45) is 5.92 Å². The van der Waals surface area contributed by atoms with Gasteiger partial charge in [-0.2, -0.15) is 5.10 Å². The number of benzene rings is 1. The first-order chi connectivity index (χ1) is 10.4. The van der Waals surface area contributed by atoms with Gasteiger partial charge >= 0.3 is 0 Å². The highest BCUT2D eigenvalue weighted by atomic mass is 16.6. The van der Waals surface area contributed by atoms with Crippen LogP contribution in [0.5, 0.6) is 11.5 Å². The topological polar surface area (TPSA) is 59.2 Å². The van der Waals surface area contributed by atoms with Crippen molar-refractivity contribution in [1.29, 1.82) is 0 Å². The third kappa shape index (κ3) is 2.74. The summed E-state index contributed by atoms with van der Waals surface area (Å²) >= 11 is 0. The van der Waals surface area contributed by atoms with Crippen molar-refractivity contribution in [1.82, 2.24) is 15.5 Å². The minimum absolute atomic E-state index is 0.365. The average molecular weight is 285 g/mol. The number of aromatic nitrogens is 2. The van der Waals surface area contributed by atoms with Crippen LogP contribution in [0.15, 0.2) is 30.5 Å². The molecule has 1 aromatic carbocycles. The molecule has 0 amide bonds. The summed E-state index contributed by atoms with van der Waals surface area (Å²) in [5, 5.41) is 10.6. The van der Waals surface area contributed by atoms with Gasteiger partial charge in [0.25, 0.3) is 0 Å². The Hall–Kier alpha value is -2.01. The minimum Gasteiger partial charge on any atom is -0.486 e. The van der Waals surface area contributed by atoms with Crippen molar-refractivity contribution in [3.63, 3.8) is 0 Å². The summed E-state index contributed by atoms with van der Waals surface area (Å²) in [4.78, 5) is 0. The van der Waals surface area contributed by atoms with E-state index in [4.69, 9.17) is 9.47 Å². The van der Waals surface area contributed by atoms with Crippen LogP contribution < -0.4 is 14.8 Å². The Kier molecular flexibility index (Phi) is 3.27. The van der Waals surface area contributed by atoms with Crippen LogP contribution in [0.3, 0.4) is 0 Å². The summed E-state index contributed by atoms with van der Waals surface area (Å²) in [5.41, 5.74) is 2.39. The van der Waals surface area contributed by atoms with Gasteiger partial charge in [-0.15, -0.1) is 0 Å². The van der Waals surface area contributed by atoms with E-state index in [1.807, 2.05) is 12.1 Å². The van der Waals surface area contributed by atoms with Crippen molar-refractivity contribution >= 4 is 0 Å². The van der Waals surface area contributed by atoms with Crippen LogP contribution in [0.1, 0.15) is 30.1 Å². The monoisotopic (exact) mass is 285 g/mol. The zero-order chi connectivity index (χ0) is 14.1. The van der Waals surface area contributed by atoms with E-state index in [1.54, 1.807) is 6.20 Å². The van der Waals surface area contributed by atoms with Crippen molar-refractivity contribution in [3.05, 3.63) is 41.7 Å². The molecule has 4 rings (SSSR count). The molecule has 2 aliphatic rings. The number of hydrogen-bond acceptors (Lipinski definition) is 4. The van der Waals surface area contributed by atoms with E-state index in [-0.39, 0.29) is 0 Å². The van der Waals surface area contributed by atoms with E-state index in [1.165, 1.54) is 18.4 Å². The van der Waals surface area contributed by atoms with Gasteiger partial charge in [-0.25, -0.2) is 0 Å². The van der Waals surface area contributed by atoms with Gasteiger partial charge in [-0.05, 0) is 42.5 Å². The highest BCUT2D eigenvalue weighted by Crippen LogP contribution is 2.43. The number of H-pyrrole nitrogens is 1. The largest absolute Gasteiger partial charge is 0.486 e. The zero-order valence-corrected chi connectivity index (χ0v) is 11.8. The van der Waals surface area contributed by atoms with Gasteiger partial charge in [0, 0.05) is 24.5 Å². The fourth-order valence-corrected chi connectivity index (χ4v) is 2.84. The Bertz CT molecular complexity index is 608. The molecule has 5 nitrogen and oxygen atoms in total. The summed E-state index contributed by atoms with van der Waals surface area (Å²) in [6, 6.07) is 8.66.